The van der Waals surface area contributed by atoms with Gasteiger partial charge in [-0.1, -0.05) is 45.8 Å². The van der Waals surface area contributed by atoms with Gasteiger partial charge in [-0.25, -0.2) is 5.01 Å². The number of halogens is 2. The summed E-state index contributed by atoms with van der Waals surface area (Å²) in [5.74, 6) is 0.881. The van der Waals surface area contributed by atoms with E-state index in [1.54, 1.807) is 12.4 Å². The second-order valence-corrected chi connectivity index (χ2v) is 8.84. The number of aryl methyl sites for hydroxylation is 1. The maximum Gasteiger partial charge on any atom is 0.214 e. The fraction of sp³-hybridized carbons (Fsp3) is 0.182. The molecule has 0 bridgehead atoms. The number of ether oxygens (including phenoxy) is 1. The molecule has 0 fully saturated rings. The van der Waals surface area contributed by atoms with Crippen molar-refractivity contribution in [2.75, 3.05) is 0 Å². The van der Waals surface area contributed by atoms with Crippen LogP contribution in [0.2, 0.25) is 0 Å². The average Bonchev–Trinajstić information content (AvgIpc) is 3.14. The van der Waals surface area contributed by atoms with E-state index in [2.05, 4.69) is 79.1 Å². The van der Waals surface area contributed by atoms with Crippen molar-refractivity contribution in [2.24, 2.45) is 5.10 Å². The Morgan fingerprint density at radius 1 is 1.04 bits per heavy atom. The van der Waals surface area contributed by atoms with Crippen molar-refractivity contribution < 1.29 is 4.74 Å². The highest BCUT2D eigenvalue weighted by molar-refractivity contribution is 9.11. The predicted octanol–water partition coefficient (Wildman–Crippen LogP) is 6.16. The lowest BCUT2D eigenvalue weighted by molar-refractivity contribution is -0.0197. The molecule has 0 amide bonds. The van der Waals surface area contributed by atoms with Gasteiger partial charge in [-0.3, -0.25) is 4.98 Å². The summed E-state index contributed by atoms with van der Waals surface area (Å²) in [5, 5.41) is 7.09. The van der Waals surface area contributed by atoms with Gasteiger partial charge in [0.05, 0.1) is 16.2 Å². The van der Waals surface area contributed by atoms with Gasteiger partial charge in [-0.2, -0.15) is 5.10 Å². The molecule has 0 saturated carbocycles. The van der Waals surface area contributed by atoms with Gasteiger partial charge < -0.3 is 4.74 Å². The Bertz CT molecular complexity index is 1070. The molecule has 0 N–H and O–H groups in total. The summed E-state index contributed by atoms with van der Waals surface area (Å²) < 4.78 is 8.41. The molecule has 3 heterocycles. The van der Waals surface area contributed by atoms with Gasteiger partial charge in [0, 0.05) is 34.4 Å². The van der Waals surface area contributed by atoms with Crippen molar-refractivity contribution in [3.05, 3.63) is 92.1 Å². The van der Waals surface area contributed by atoms with E-state index in [-0.39, 0.29) is 12.3 Å². The molecule has 0 radical (unpaired) electrons. The monoisotopic (exact) mass is 497 g/mol. The zero-order valence-electron chi connectivity index (χ0n) is 15.1. The summed E-state index contributed by atoms with van der Waals surface area (Å²) in [5.41, 5.74) is 5.66. The molecule has 6 heteroatoms. The molecule has 2 aromatic carbocycles. The number of fused-ring (bicyclic) bond motifs is 3. The Labute approximate surface area is 180 Å². The van der Waals surface area contributed by atoms with Crippen molar-refractivity contribution in [1.82, 2.24) is 9.99 Å². The van der Waals surface area contributed by atoms with Crippen LogP contribution in [0.3, 0.4) is 0 Å². The van der Waals surface area contributed by atoms with E-state index < -0.39 is 0 Å². The van der Waals surface area contributed by atoms with Crippen LogP contribution in [0.4, 0.5) is 0 Å². The molecule has 28 heavy (non-hydrogen) atoms. The highest BCUT2D eigenvalue weighted by Crippen LogP contribution is 2.50. The van der Waals surface area contributed by atoms with Gasteiger partial charge in [0.25, 0.3) is 0 Å². The summed E-state index contributed by atoms with van der Waals surface area (Å²) in [7, 11) is 0. The minimum absolute atomic E-state index is 0.118. The molecule has 2 aliphatic rings. The molecule has 0 saturated heterocycles. The van der Waals surface area contributed by atoms with Crippen molar-refractivity contribution in [1.29, 1.82) is 0 Å². The summed E-state index contributed by atoms with van der Waals surface area (Å²) in [6.45, 7) is 2.10. The average molecular weight is 499 g/mol. The molecule has 5 rings (SSSR count). The summed E-state index contributed by atoms with van der Waals surface area (Å²) in [6.07, 6.45) is 4.13. The molecule has 140 valence electrons. The number of nitrogens with zero attached hydrogens (tertiary/aromatic N) is 3. The van der Waals surface area contributed by atoms with Gasteiger partial charge in [-0.05, 0) is 52.7 Å². The number of pyridine rings is 1. The second kappa shape index (κ2) is 7.01. The van der Waals surface area contributed by atoms with Gasteiger partial charge >= 0.3 is 0 Å². The molecule has 3 aromatic rings. The largest absolute Gasteiger partial charge is 0.463 e. The number of rotatable bonds is 2. The highest BCUT2D eigenvalue weighted by atomic mass is 79.9. The van der Waals surface area contributed by atoms with E-state index in [0.717, 1.165) is 43.5 Å². The van der Waals surface area contributed by atoms with E-state index >= 15 is 0 Å². The third-order valence-electron chi connectivity index (χ3n) is 5.18. The minimum atomic E-state index is -0.291. The topological polar surface area (TPSA) is 37.7 Å². The molecule has 2 aliphatic heterocycles. The number of hydrogen-bond donors (Lipinski definition) is 0. The summed E-state index contributed by atoms with van der Waals surface area (Å²) >= 11 is 7.29. The van der Waals surface area contributed by atoms with Gasteiger partial charge in [-0.15, -0.1) is 0 Å². The standard InChI is InChI=1S/C22H17Br2N3O/c1-13-2-4-14(5-3-13)19-12-20-17-10-16(23)11-18(24)21(17)28-22(27(20)26-19)15-6-8-25-9-7-15/h2-11,20,22H,12H2,1H3. The summed E-state index contributed by atoms with van der Waals surface area (Å²) in [6, 6.07) is 16.8. The molecular weight excluding hydrogens is 482 g/mol. The molecule has 2 unspecified atom stereocenters. The lowest BCUT2D eigenvalue weighted by Crippen LogP contribution is -2.33. The van der Waals surface area contributed by atoms with Gasteiger partial charge in [0.2, 0.25) is 6.23 Å². The van der Waals surface area contributed by atoms with Crippen LogP contribution in [-0.2, 0) is 0 Å². The third kappa shape index (κ3) is 3.05. The molecule has 0 spiro atoms. The van der Waals surface area contributed by atoms with Crippen molar-refractivity contribution >= 4 is 37.6 Å². The first-order valence-corrected chi connectivity index (χ1v) is 10.7. The molecule has 0 aliphatic carbocycles. The van der Waals surface area contributed by atoms with Crippen LogP contribution in [0.25, 0.3) is 0 Å². The quantitative estimate of drug-likeness (QED) is 0.424. The van der Waals surface area contributed by atoms with Crippen LogP contribution < -0.4 is 4.74 Å². The van der Waals surface area contributed by atoms with Crippen LogP contribution in [-0.4, -0.2) is 15.7 Å². The number of hydrogen-bond acceptors (Lipinski definition) is 4. The number of hydrazone groups is 1. The zero-order valence-corrected chi connectivity index (χ0v) is 18.3. The van der Waals surface area contributed by atoms with Crippen molar-refractivity contribution in [3.63, 3.8) is 0 Å². The van der Waals surface area contributed by atoms with Crippen LogP contribution in [0, 0.1) is 6.92 Å². The highest BCUT2D eigenvalue weighted by Gasteiger charge is 2.41. The van der Waals surface area contributed by atoms with E-state index in [4.69, 9.17) is 9.84 Å². The van der Waals surface area contributed by atoms with Crippen molar-refractivity contribution in [2.45, 2.75) is 25.6 Å². The molecule has 4 nitrogen and oxygen atoms in total. The van der Waals surface area contributed by atoms with Crippen LogP contribution in [0.5, 0.6) is 5.75 Å². The van der Waals surface area contributed by atoms with Gasteiger partial charge in [0.15, 0.2) is 0 Å². The number of benzene rings is 2. The first-order valence-electron chi connectivity index (χ1n) is 9.08. The van der Waals surface area contributed by atoms with Gasteiger partial charge in [0.1, 0.15) is 5.75 Å². The summed E-state index contributed by atoms with van der Waals surface area (Å²) in [4.78, 5) is 4.14. The molecule has 2 atom stereocenters. The number of aromatic nitrogens is 1. The fourth-order valence-electron chi connectivity index (χ4n) is 3.78. The van der Waals surface area contributed by atoms with E-state index in [0.29, 0.717) is 0 Å². The van der Waals surface area contributed by atoms with Crippen LogP contribution >= 0.6 is 31.9 Å². The zero-order chi connectivity index (χ0) is 19.3. The fourth-order valence-corrected chi connectivity index (χ4v) is 5.13. The van der Waals surface area contributed by atoms with Crippen LogP contribution in [0.15, 0.2) is 75.0 Å². The lowest BCUT2D eigenvalue weighted by atomic mass is 9.95. The van der Waals surface area contributed by atoms with E-state index in [1.165, 1.54) is 5.56 Å². The Morgan fingerprint density at radius 2 is 1.79 bits per heavy atom. The minimum Gasteiger partial charge on any atom is -0.463 e. The molecule has 1 aromatic heterocycles. The Balaban J connectivity index is 1.63. The Morgan fingerprint density at radius 3 is 2.54 bits per heavy atom. The predicted molar refractivity (Wildman–Crippen MR) is 116 cm³/mol. The second-order valence-electron chi connectivity index (χ2n) is 7.07. The first-order chi connectivity index (χ1) is 13.6. The third-order valence-corrected chi connectivity index (χ3v) is 6.23. The van der Waals surface area contributed by atoms with E-state index in [1.807, 2.05) is 18.2 Å². The smallest absolute Gasteiger partial charge is 0.214 e. The maximum absolute atomic E-state index is 6.44. The maximum atomic E-state index is 6.44. The lowest BCUT2D eigenvalue weighted by Gasteiger charge is -2.38. The van der Waals surface area contributed by atoms with E-state index in [9.17, 15) is 0 Å². The Kier molecular flexibility index (Phi) is 4.48. The first kappa shape index (κ1) is 17.9. The van der Waals surface area contributed by atoms with Crippen molar-refractivity contribution in [3.8, 4) is 5.75 Å². The SMILES string of the molecule is Cc1ccc(C2=NN3C(C2)c2cc(Br)cc(Br)c2OC3c2ccncc2)cc1. The molecular formula is C22H17Br2N3O. The normalized spacial score (nSPS) is 20.2. The Hall–Kier alpha value is -2.18. The van der Waals surface area contributed by atoms with Crippen LogP contribution in [0.1, 0.15) is 40.9 Å².